The molecule has 0 aromatic heterocycles. The van der Waals surface area contributed by atoms with Gasteiger partial charge in [0.1, 0.15) is 11.8 Å². The van der Waals surface area contributed by atoms with Crippen molar-refractivity contribution in [3.05, 3.63) is 23.8 Å². The Kier molecular flexibility index (Phi) is 5.25. The summed E-state index contributed by atoms with van der Waals surface area (Å²) in [6.45, 7) is 1.60. The first-order valence-electron chi connectivity index (χ1n) is 6.78. The number of amides is 1. The molecule has 0 aliphatic carbocycles. The predicted octanol–water partition coefficient (Wildman–Crippen LogP) is 1.86. The van der Waals surface area contributed by atoms with E-state index in [0.29, 0.717) is 24.4 Å². The van der Waals surface area contributed by atoms with Crippen LogP contribution in [0.3, 0.4) is 0 Å². The lowest BCUT2D eigenvalue weighted by Crippen LogP contribution is -2.48. The van der Waals surface area contributed by atoms with E-state index in [0.717, 1.165) is 0 Å². The number of nitrogens with one attached hydrogen (secondary N) is 2. The van der Waals surface area contributed by atoms with E-state index in [-0.39, 0.29) is 18.3 Å². The summed E-state index contributed by atoms with van der Waals surface area (Å²) in [5.74, 6) is -0.209. The van der Waals surface area contributed by atoms with Gasteiger partial charge in [0.05, 0.1) is 13.2 Å². The van der Waals surface area contributed by atoms with Gasteiger partial charge in [-0.1, -0.05) is 6.07 Å². The van der Waals surface area contributed by atoms with Crippen molar-refractivity contribution in [2.24, 2.45) is 0 Å². The van der Waals surface area contributed by atoms with Crippen LogP contribution in [-0.4, -0.2) is 44.5 Å². The van der Waals surface area contributed by atoms with E-state index in [1.54, 1.807) is 13.0 Å². The van der Waals surface area contributed by atoms with Crippen LogP contribution in [0.2, 0.25) is 0 Å². The average Bonchev–Trinajstić information content (AvgIpc) is 2.48. The van der Waals surface area contributed by atoms with Crippen LogP contribution < -0.4 is 15.4 Å². The van der Waals surface area contributed by atoms with Crippen LogP contribution in [0.1, 0.15) is 5.56 Å². The average molecular weight is 318 g/mol. The van der Waals surface area contributed by atoms with Crippen molar-refractivity contribution < 1.29 is 27.4 Å². The lowest BCUT2D eigenvalue weighted by Gasteiger charge is -2.23. The zero-order valence-electron chi connectivity index (χ0n) is 12.0. The summed E-state index contributed by atoms with van der Waals surface area (Å²) < 4.78 is 46.6. The van der Waals surface area contributed by atoms with E-state index >= 15 is 0 Å². The van der Waals surface area contributed by atoms with Crippen molar-refractivity contribution in [2.75, 3.05) is 31.7 Å². The summed E-state index contributed by atoms with van der Waals surface area (Å²) in [5.41, 5.74) is 0.855. The van der Waals surface area contributed by atoms with Gasteiger partial charge in [-0.05, 0) is 19.1 Å². The molecule has 1 fully saturated rings. The number of carbonyl (C=O) groups excluding carboxylic acids is 1. The Hall–Kier alpha value is -1.80. The fraction of sp³-hybridized carbons (Fsp3) is 0.500. The highest BCUT2D eigenvalue weighted by Gasteiger charge is 2.29. The van der Waals surface area contributed by atoms with E-state index in [4.69, 9.17) is 9.47 Å². The number of hydrogen-bond donors (Lipinski definition) is 2. The monoisotopic (exact) mass is 318 g/mol. The SMILES string of the molecule is Cc1c(NC(=O)C2COCCN2)cccc1OCC(F)(F)F. The molecule has 8 heteroatoms. The smallest absolute Gasteiger partial charge is 0.422 e. The van der Waals surface area contributed by atoms with E-state index < -0.39 is 18.8 Å². The maximum absolute atomic E-state index is 12.2. The van der Waals surface area contributed by atoms with Crippen molar-refractivity contribution >= 4 is 11.6 Å². The van der Waals surface area contributed by atoms with Crippen molar-refractivity contribution in [1.29, 1.82) is 0 Å². The first-order valence-corrected chi connectivity index (χ1v) is 6.78. The molecular weight excluding hydrogens is 301 g/mol. The number of benzene rings is 1. The van der Waals surface area contributed by atoms with Gasteiger partial charge in [0, 0.05) is 17.8 Å². The third-order valence-electron chi connectivity index (χ3n) is 3.17. The molecule has 1 saturated heterocycles. The largest absolute Gasteiger partial charge is 0.484 e. The number of anilines is 1. The van der Waals surface area contributed by atoms with Crippen LogP contribution in [0.4, 0.5) is 18.9 Å². The van der Waals surface area contributed by atoms with Gasteiger partial charge >= 0.3 is 6.18 Å². The lowest BCUT2D eigenvalue weighted by atomic mass is 10.1. The van der Waals surface area contributed by atoms with Gasteiger partial charge in [-0.15, -0.1) is 0 Å². The number of halogens is 3. The highest BCUT2D eigenvalue weighted by molar-refractivity contribution is 5.95. The van der Waals surface area contributed by atoms with Gasteiger partial charge in [0.15, 0.2) is 6.61 Å². The molecule has 1 unspecified atom stereocenters. The Morgan fingerprint density at radius 1 is 1.50 bits per heavy atom. The molecule has 1 heterocycles. The Balaban J connectivity index is 2.03. The Labute approximate surface area is 125 Å². The number of ether oxygens (including phenoxy) is 2. The van der Waals surface area contributed by atoms with Crippen LogP contribution in [0, 0.1) is 6.92 Å². The molecule has 1 aromatic carbocycles. The van der Waals surface area contributed by atoms with E-state index in [1.807, 2.05) is 0 Å². The molecule has 1 atom stereocenters. The third kappa shape index (κ3) is 4.60. The topological polar surface area (TPSA) is 59.6 Å². The van der Waals surface area contributed by atoms with E-state index in [1.165, 1.54) is 12.1 Å². The minimum Gasteiger partial charge on any atom is -0.484 e. The molecule has 1 aliphatic rings. The number of hydrogen-bond acceptors (Lipinski definition) is 4. The molecular formula is C14H17F3N2O3. The third-order valence-corrected chi connectivity index (χ3v) is 3.17. The summed E-state index contributed by atoms with van der Waals surface area (Å²) in [4.78, 5) is 12.1. The number of morpholine rings is 1. The minimum absolute atomic E-state index is 0.0861. The zero-order chi connectivity index (χ0) is 16.2. The fourth-order valence-corrected chi connectivity index (χ4v) is 2.02. The molecule has 0 radical (unpaired) electrons. The molecule has 2 rings (SSSR count). The van der Waals surface area contributed by atoms with Gasteiger partial charge in [0.2, 0.25) is 5.91 Å². The molecule has 1 aromatic rings. The van der Waals surface area contributed by atoms with Gasteiger partial charge in [0.25, 0.3) is 0 Å². The predicted molar refractivity (Wildman–Crippen MR) is 74.0 cm³/mol. The van der Waals surface area contributed by atoms with Crippen LogP contribution in [0.25, 0.3) is 0 Å². The highest BCUT2D eigenvalue weighted by atomic mass is 19.4. The minimum atomic E-state index is -4.41. The summed E-state index contributed by atoms with van der Waals surface area (Å²) in [7, 11) is 0. The van der Waals surface area contributed by atoms with Crippen molar-refractivity contribution in [1.82, 2.24) is 5.32 Å². The maximum Gasteiger partial charge on any atom is 0.422 e. The number of carbonyl (C=O) groups is 1. The molecule has 2 N–H and O–H groups in total. The molecule has 0 spiro atoms. The van der Waals surface area contributed by atoms with E-state index in [2.05, 4.69) is 10.6 Å². The van der Waals surface area contributed by atoms with Gasteiger partial charge in [-0.3, -0.25) is 4.79 Å². The fourth-order valence-electron chi connectivity index (χ4n) is 2.02. The molecule has 0 bridgehead atoms. The first-order chi connectivity index (χ1) is 10.4. The molecule has 1 aliphatic heterocycles. The van der Waals surface area contributed by atoms with Crippen molar-refractivity contribution in [3.8, 4) is 5.75 Å². The van der Waals surface area contributed by atoms with Gasteiger partial charge in [-0.2, -0.15) is 13.2 Å². The summed E-state index contributed by atoms with van der Waals surface area (Å²) in [6, 6.07) is 4.09. The Bertz CT molecular complexity index is 529. The number of alkyl halides is 3. The van der Waals surface area contributed by atoms with Crippen LogP contribution >= 0.6 is 0 Å². The molecule has 1 amide bonds. The summed E-state index contributed by atoms with van der Waals surface area (Å²) in [6.07, 6.45) is -4.41. The maximum atomic E-state index is 12.2. The Morgan fingerprint density at radius 2 is 2.27 bits per heavy atom. The second-order valence-electron chi connectivity index (χ2n) is 4.90. The number of rotatable bonds is 4. The molecule has 22 heavy (non-hydrogen) atoms. The van der Waals surface area contributed by atoms with Crippen LogP contribution in [-0.2, 0) is 9.53 Å². The van der Waals surface area contributed by atoms with Gasteiger partial charge in [-0.25, -0.2) is 0 Å². The van der Waals surface area contributed by atoms with E-state index in [9.17, 15) is 18.0 Å². The zero-order valence-corrected chi connectivity index (χ0v) is 12.0. The Morgan fingerprint density at radius 3 is 2.91 bits per heavy atom. The van der Waals surface area contributed by atoms with Crippen LogP contribution in [0.15, 0.2) is 18.2 Å². The van der Waals surface area contributed by atoms with Gasteiger partial charge < -0.3 is 20.1 Å². The normalized spacial score (nSPS) is 18.8. The first kappa shape index (κ1) is 16.6. The van der Waals surface area contributed by atoms with Crippen molar-refractivity contribution in [3.63, 3.8) is 0 Å². The lowest BCUT2D eigenvalue weighted by molar-refractivity contribution is -0.153. The molecule has 0 saturated carbocycles. The van der Waals surface area contributed by atoms with Crippen LogP contribution in [0.5, 0.6) is 5.75 Å². The summed E-state index contributed by atoms with van der Waals surface area (Å²) in [5, 5.41) is 5.68. The molecule has 122 valence electrons. The molecule has 5 nitrogen and oxygen atoms in total. The highest BCUT2D eigenvalue weighted by Crippen LogP contribution is 2.27. The second kappa shape index (κ2) is 6.97. The second-order valence-corrected chi connectivity index (χ2v) is 4.90. The standard InChI is InChI=1S/C14H17F3N2O3/c1-9-10(19-13(20)11-7-21-6-5-18-11)3-2-4-12(9)22-8-14(15,16)17/h2-4,11,18H,5-8H2,1H3,(H,19,20). The summed E-state index contributed by atoms with van der Waals surface area (Å²) >= 11 is 0. The quantitative estimate of drug-likeness (QED) is 0.890. The van der Waals surface area contributed by atoms with Crippen molar-refractivity contribution in [2.45, 2.75) is 19.1 Å².